The zero-order chi connectivity index (χ0) is 20.5. The van der Waals surface area contributed by atoms with Crippen molar-refractivity contribution in [3.05, 3.63) is 58.3 Å². The van der Waals surface area contributed by atoms with Gasteiger partial charge in [-0.15, -0.1) is 0 Å². The number of benzene rings is 1. The Morgan fingerprint density at radius 2 is 1.72 bits per heavy atom. The quantitative estimate of drug-likeness (QED) is 0.683. The van der Waals surface area contributed by atoms with Crippen molar-refractivity contribution in [1.82, 2.24) is 9.55 Å². The first kappa shape index (κ1) is 21.1. The van der Waals surface area contributed by atoms with Crippen molar-refractivity contribution in [1.29, 1.82) is 0 Å². The summed E-state index contributed by atoms with van der Waals surface area (Å²) in [5, 5.41) is 0. The maximum absolute atomic E-state index is 12.9. The summed E-state index contributed by atoms with van der Waals surface area (Å²) in [4.78, 5) is 29.3. The second-order valence-electron chi connectivity index (χ2n) is 7.68. The van der Waals surface area contributed by atoms with Crippen molar-refractivity contribution in [3.63, 3.8) is 0 Å². The second kappa shape index (κ2) is 10.8. The van der Waals surface area contributed by atoms with Crippen LogP contribution in [0, 0.1) is 6.92 Å². The Morgan fingerprint density at radius 3 is 2.41 bits per heavy atom. The number of esters is 1. The lowest BCUT2D eigenvalue weighted by atomic mass is 10.1. The van der Waals surface area contributed by atoms with Crippen LogP contribution in [0.1, 0.15) is 62.6 Å². The highest BCUT2D eigenvalue weighted by molar-refractivity contribution is 5.69. The maximum atomic E-state index is 12.9. The van der Waals surface area contributed by atoms with E-state index in [0.29, 0.717) is 5.69 Å². The van der Waals surface area contributed by atoms with Crippen LogP contribution in [0.4, 0.5) is 0 Å². The fourth-order valence-electron chi connectivity index (χ4n) is 3.60. The molecule has 1 heterocycles. The maximum Gasteiger partial charge on any atom is 0.326 e. The average molecular weight is 399 g/mol. The molecule has 1 saturated carbocycles. The van der Waals surface area contributed by atoms with E-state index in [9.17, 15) is 9.59 Å². The molecule has 1 aliphatic rings. The average Bonchev–Trinajstić information content (AvgIpc) is 2.86. The minimum Gasteiger partial charge on any atom is -0.483 e. The molecule has 29 heavy (non-hydrogen) atoms. The number of hydrogen-bond acceptors (Lipinski definition) is 5. The van der Waals surface area contributed by atoms with Crippen molar-refractivity contribution >= 4 is 5.97 Å². The third-order valence-electron chi connectivity index (χ3n) is 5.30. The van der Waals surface area contributed by atoms with E-state index < -0.39 is 5.97 Å². The van der Waals surface area contributed by atoms with Crippen LogP contribution in [-0.4, -0.2) is 21.6 Å². The molecule has 0 bridgehead atoms. The summed E-state index contributed by atoms with van der Waals surface area (Å²) in [7, 11) is 0. The molecule has 1 fully saturated rings. The fraction of sp³-hybridized carbons (Fsp3) is 0.522. The molecule has 6 nitrogen and oxygen atoms in total. The number of carbonyl (C=O) groups is 1. The molecule has 6 heteroatoms. The van der Waals surface area contributed by atoms with E-state index in [1.165, 1.54) is 36.6 Å². The molecule has 0 amide bonds. The lowest BCUT2D eigenvalue weighted by molar-refractivity contribution is -0.145. The van der Waals surface area contributed by atoms with E-state index in [4.69, 9.17) is 9.47 Å². The number of nitrogens with zero attached hydrogens (tertiary/aromatic N) is 2. The molecule has 0 N–H and O–H groups in total. The van der Waals surface area contributed by atoms with Crippen molar-refractivity contribution in [2.24, 2.45) is 0 Å². The summed E-state index contributed by atoms with van der Waals surface area (Å²) in [6, 6.07) is 9.45. The van der Waals surface area contributed by atoms with Gasteiger partial charge in [-0.1, -0.05) is 56.0 Å². The van der Waals surface area contributed by atoms with Gasteiger partial charge in [-0.3, -0.25) is 14.2 Å². The Hall–Kier alpha value is -2.63. The molecule has 0 saturated heterocycles. The SMILES string of the molecule is Cc1ncn(CC(=O)OCc2ccccc2)c(=O)c1OC1CCCCCCCC1. The van der Waals surface area contributed by atoms with Gasteiger partial charge >= 0.3 is 5.97 Å². The minimum absolute atomic E-state index is 0.0298. The van der Waals surface area contributed by atoms with Crippen LogP contribution in [0.15, 0.2) is 41.5 Å². The molecular formula is C23H30N2O4. The van der Waals surface area contributed by atoms with E-state index in [1.54, 1.807) is 6.92 Å². The number of ether oxygens (including phenoxy) is 2. The highest BCUT2D eigenvalue weighted by Crippen LogP contribution is 2.21. The van der Waals surface area contributed by atoms with Gasteiger partial charge < -0.3 is 9.47 Å². The monoisotopic (exact) mass is 398 g/mol. The van der Waals surface area contributed by atoms with Crippen LogP contribution in [0.3, 0.4) is 0 Å². The standard InChI is InChI=1S/C23H30N2O4/c1-18-22(29-20-13-9-4-2-3-5-10-14-20)23(27)25(17-24-18)15-21(26)28-16-19-11-7-6-8-12-19/h6-8,11-12,17,20H,2-5,9-10,13-16H2,1H3. The van der Waals surface area contributed by atoms with Gasteiger partial charge in [0.15, 0.2) is 0 Å². The number of aryl methyl sites for hydroxylation is 1. The highest BCUT2D eigenvalue weighted by atomic mass is 16.5. The van der Waals surface area contributed by atoms with Crippen LogP contribution in [-0.2, 0) is 22.7 Å². The molecule has 0 spiro atoms. The molecule has 0 atom stereocenters. The fourth-order valence-corrected chi connectivity index (χ4v) is 3.60. The summed E-state index contributed by atoms with van der Waals surface area (Å²) < 4.78 is 12.7. The van der Waals surface area contributed by atoms with E-state index in [-0.39, 0.29) is 30.6 Å². The van der Waals surface area contributed by atoms with Crippen LogP contribution < -0.4 is 10.3 Å². The van der Waals surface area contributed by atoms with E-state index in [1.807, 2.05) is 30.3 Å². The molecule has 0 radical (unpaired) electrons. The Labute approximate surface area is 171 Å². The minimum atomic E-state index is -0.477. The van der Waals surface area contributed by atoms with Gasteiger partial charge in [0.2, 0.25) is 5.75 Å². The normalized spacial score (nSPS) is 15.8. The van der Waals surface area contributed by atoms with Crippen LogP contribution in [0.25, 0.3) is 0 Å². The lowest BCUT2D eigenvalue weighted by Gasteiger charge is -2.19. The van der Waals surface area contributed by atoms with Crippen molar-refractivity contribution in [2.45, 2.75) is 77.5 Å². The molecule has 0 unspecified atom stereocenters. The Bertz CT molecular complexity index is 838. The Kier molecular flexibility index (Phi) is 7.85. The molecule has 0 aliphatic heterocycles. The number of carbonyl (C=O) groups excluding carboxylic acids is 1. The highest BCUT2D eigenvalue weighted by Gasteiger charge is 2.18. The summed E-state index contributed by atoms with van der Waals surface area (Å²) in [6.07, 6.45) is 10.5. The first-order chi connectivity index (χ1) is 14.1. The summed E-state index contributed by atoms with van der Waals surface area (Å²) in [5.41, 5.74) is 1.14. The Morgan fingerprint density at radius 1 is 1.07 bits per heavy atom. The van der Waals surface area contributed by atoms with Crippen molar-refractivity contribution < 1.29 is 14.3 Å². The third kappa shape index (κ3) is 6.44. The lowest BCUT2D eigenvalue weighted by Crippen LogP contribution is -2.30. The molecule has 156 valence electrons. The molecule has 1 aromatic carbocycles. The number of aromatic nitrogens is 2. The topological polar surface area (TPSA) is 70.4 Å². The van der Waals surface area contributed by atoms with Crippen molar-refractivity contribution in [2.75, 3.05) is 0 Å². The summed E-state index contributed by atoms with van der Waals surface area (Å²) in [5.74, 6) is -0.220. The Balaban J connectivity index is 1.64. The molecular weight excluding hydrogens is 368 g/mol. The zero-order valence-electron chi connectivity index (χ0n) is 17.1. The van der Waals surface area contributed by atoms with E-state index in [0.717, 1.165) is 31.2 Å². The van der Waals surface area contributed by atoms with Crippen LogP contribution >= 0.6 is 0 Å². The van der Waals surface area contributed by atoms with Gasteiger partial charge in [-0.25, -0.2) is 4.98 Å². The zero-order valence-corrected chi connectivity index (χ0v) is 17.1. The summed E-state index contributed by atoms with van der Waals surface area (Å²) in [6.45, 7) is 1.77. The van der Waals surface area contributed by atoms with Crippen molar-refractivity contribution in [3.8, 4) is 5.75 Å². The van der Waals surface area contributed by atoms with E-state index >= 15 is 0 Å². The first-order valence-corrected chi connectivity index (χ1v) is 10.6. The number of hydrogen-bond donors (Lipinski definition) is 0. The predicted octanol–water partition coefficient (Wildman–Crippen LogP) is 4.18. The molecule has 1 aromatic heterocycles. The third-order valence-corrected chi connectivity index (χ3v) is 5.30. The number of rotatable bonds is 6. The predicted molar refractivity (Wildman–Crippen MR) is 111 cm³/mol. The van der Waals surface area contributed by atoms with Crippen LogP contribution in [0.2, 0.25) is 0 Å². The van der Waals surface area contributed by atoms with Gasteiger partial charge in [0.05, 0.1) is 18.1 Å². The van der Waals surface area contributed by atoms with Gasteiger partial charge in [0.1, 0.15) is 13.2 Å². The van der Waals surface area contributed by atoms with E-state index in [2.05, 4.69) is 4.98 Å². The second-order valence-corrected chi connectivity index (χ2v) is 7.68. The molecule has 1 aliphatic carbocycles. The van der Waals surface area contributed by atoms with Gasteiger partial charge in [-0.2, -0.15) is 0 Å². The largest absolute Gasteiger partial charge is 0.483 e. The van der Waals surface area contributed by atoms with Gasteiger partial charge in [-0.05, 0) is 38.2 Å². The molecule has 2 aromatic rings. The molecule has 3 rings (SSSR count). The van der Waals surface area contributed by atoms with Gasteiger partial charge in [0.25, 0.3) is 5.56 Å². The van der Waals surface area contributed by atoms with Gasteiger partial charge in [0, 0.05) is 0 Å². The summed E-state index contributed by atoms with van der Waals surface area (Å²) >= 11 is 0. The smallest absolute Gasteiger partial charge is 0.326 e. The first-order valence-electron chi connectivity index (χ1n) is 10.6. The van der Waals surface area contributed by atoms with Crippen LogP contribution in [0.5, 0.6) is 5.75 Å².